The van der Waals surface area contributed by atoms with Crippen LogP contribution in [0.25, 0.3) is 11.4 Å². The van der Waals surface area contributed by atoms with Gasteiger partial charge in [0.2, 0.25) is 11.9 Å². The van der Waals surface area contributed by atoms with E-state index in [1.165, 1.54) is 0 Å². The summed E-state index contributed by atoms with van der Waals surface area (Å²) in [5.74, 6) is 0.621. The van der Waals surface area contributed by atoms with Crippen LogP contribution in [0.5, 0.6) is 0 Å². The highest BCUT2D eigenvalue weighted by Gasteiger charge is 2.06. The molecule has 0 spiro atoms. The van der Waals surface area contributed by atoms with Crippen molar-refractivity contribution < 1.29 is 0 Å². The van der Waals surface area contributed by atoms with E-state index < -0.39 is 0 Å². The molecule has 2 aromatic rings. The average molecular weight is 236 g/mol. The highest BCUT2D eigenvalue weighted by atomic mass is 35.5. The minimum Gasteiger partial charge on any atom is -0.368 e. The Morgan fingerprint density at radius 2 is 1.62 bits per heavy atom. The highest BCUT2D eigenvalue weighted by molar-refractivity contribution is 6.30. The van der Waals surface area contributed by atoms with Gasteiger partial charge in [-0.3, -0.25) is 0 Å². The Balaban J connectivity index is 2.57. The van der Waals surface area contributed by atoms with E-state index in [0.29, 0.717) is 10.8 Å². The van der Waals surface area contributed by atoms with Gasteiger partial charge >= 0.3 is 0 Å². The topological polar surface area (TPSA) is 90.7 Å². The van der Waals surface area contributed by atoms with E-state index in [1.807, 2.05) is 19.1 Å². The first-order valence-corrected chi connectivity index (χ1v) is 4.97. The van der Waals surface area contributed by atoms with Gasteiger partial charge in [-0.1, -0.05) is 11.6 Å². The van der Waals surface area contributed by atoms with Crippen molar-refractivity contribution in [1.82, 2.24) is 15.0 Å². The van der Waals surface area contributed by atoms with Crippen LogP contribution < -0.4 is 11.5 Å². The number of hydrogen-bond donors (Lipinski definition) is 2. The SMILES string of the molecule is Cc1cc(Cl)cc(-c2nc(N)nc(N)n2)c1. The van der Waals surface area contributed by atoms with Crippen molar-refractivity contribution in [3.05, 3.63) is 28.8 Å². The van der Waals surface area contributed by atoms with Gasteiger partial charge in [0.15, 0.2) is 5.82 Å². The molecule has 4 N–H and O–H groups in total. The Hall–Kier alpha value is -1.88. The molecule has 1 heterocycles. The van der Waals surface area contributed by atoms with Crippen molar-refractivity contribution in [2.45, 2.75) is 6.92 Å². The molecule has 1 aromatic heterocycles. The van der Waals surface area contributed by atoms with Gasteiger partial charge in [-0.05, 0) is 30.7 Å². The number of nitrogen functional groups attached to an aromatic ring is 2. The summed E-state index contributed by atoms with van der Waals surface area (Å²) in [6, 6.07) is 5.50. The molecule has 16 heavy (non-hydrogen) atoms. The van der Waals surface area contributed by atoms with E-state index in [-0.39, 0.29) is 11.9 Å². The lowest BCUT2D eigenvalue weighted by atomic mass is 10.1. The smallest absolute Gasteiger partial charge is 0.225 e. The molecule has 0 aliphatic rings. The fourth-order valence-corrected chi connectivity index (χ4v) is 1.69. The molecule has 0 saturated heterocycles. The minimum absolute atomic E-state index is 0.0973. The van der Waals surface area contributed by atoms with Crippen molar-refractivity contribution >= 4 is 23.5 Å². The van der Waals surface area contributed by atoms with E-state index in [9.17, 15) is 0 Å². The molecule has 0 radical (unpaired) electrons. The van der Waals surface area contributed by atoms with Crippen molar-refractivity contribution in [3.8, 4) is 11.4 Å². The monoisotopic (exact) mass is 235 g/mol. The van der Waals surface area contributed by atoms with E-state index in [4.69, 9.17) is 23.1 Å². The predicted molar refractivity (Wildman–Crippen MR) is 63.8 cm³/mol. The summed E-state index contributed by atoms with van der Waals surface area (Å²) >= 11 is 5.95. The molecule has 5 nitrogen and oxygen atoms in total. The second-order valence-corrected chi connectivity index (χ2v) is 3.83. The van der Waals surface area contributed by atoms with Gasteiger partial charge in [-0.2, -0.15) is 15.0 Å². The van der Waals surface area contributed by atoms with Crippen LogP contribution in [0.3, 0.4) is 0 Å². The molecule has 82 valence electrons. The van der Waals surface area contributed by atoms with E-state index in [1.54, 1.807) is 6.07 Å². The molecular formula is C10H10ClN5. The van der Waals surface area contributed by atoms with Crippen LogP contribution in [0.4, 0.5) is 11.9 Å². The first-order chi connectivity index (χ1) is 7.54. The molecule has 0 atom stereocenters. The molecule has 0 bridgehead atoms. The Kier molecular flexibility index (Phi) is 2.62. The van der Waals surface area contributed by atoms with Crippen molar-refractivity contribution in [2.24, 2.45) is 0 Å². The normalized spacial score (nSPS) is 10.4. The summed E-state index contributed by atoms with van der Waals surface area (Å²) in [5, 5.41) is 0.618. The van der Waals surface area contributed by atoms with Crippen LogP contribution in [0.2, 0.25) is 5.02 Å². The van der Waals surface area contributed by atoms with Gasteiger partial charge in [0.25, 0.3) is 0 Å². The van der Waals surface area contributed by atoms with Crippen LogP contribution in [0.15, 0.2) is 18.2 Å². The molecule has 0 aliphatic carbocycles. The third-order valence-corrected chi connectivity index (χ3v) is 2.19. The Bertz CT molecular complexity index is 451. The summed E-state index contributed by atoms with van der Waals surface area (Å²) in [4.78, 5) is 11.7. The lowest BCUT2D eigenvalue weighted by Crippen LogP contribution is -2.04. The van der Waals surface area contributed by atoms with Crippen LogP contribution >= 0.6 is 11.6 Å². The summed E-state index contributed by atoms with van der Waals surface area (Å²) in [7, 11) is 0. The van der Waals surface area contributed by atoms with Gasteiger partial charge in [0.05, 0.1) is 0 Å². The fraction of sp³-hybridized carbons (Fsp3) is 0.100. The lowest BCUT2D eigenvalue weighted by molar-refractivity contribution is 1.09. The molecule has 0 amide bonds. The van der Waals surface area contributed by atoms with Crippen molar-refractivity contribution in [2.75, 3.05) is 11.5 Å². The third kappa shape index (κ3) is 2.20. The second-order valence-electron chi connectivity index (χ2n) is 3.39. The van der Waals surface area contributed by atoms with Gasteiger partial charge in [-0.25, -0.2) is 0 Å². The molecule has 0 unspecified atom stereocenters. The number of benzene rings is 1. The van der Waals surface area contributed by atoms with E-state index in [0.717, 1.165) is 11.1 Å². The molecule has 1 aromatic carbocycles. The van der Waals surface area contributed by atoms with E-state index >= 15 is 0 Å². The standard InChI is InChI=1S/C10H10ClN5/c1-5-2-6(4-7(11)3-5)8-14-9(12)16-10(13)15-8/h2-4H,1H3,(H4,12,13,14,15,16). The molecule has 0 aliphatic heterocycles. The zero-order chi connectivity index (χ0) is 11.7. The number of rotatable bonds is 1. The van der Waals surface area contributed by atoms with E-state index in [2.05, 4.69) is 15.0 Å². The Morgan fingerprint density at radius 3 is 2.19 bits per heavy atom. The second kappa shape index (κ2) is 3.94. The Labute approximate surface area is 97.5 Å². The van der Waals surface area contributed by atoms with Crippen molar-refractivity contribution in [1.29, 1.82) is 0 Å². The number of aromatic nitrogens is 3. The van der Waals surface area contributed by atoms with Gasteiger partial charge in [0.1, 0.15) is 0 Å². The summed E-state index contributed by atoms with van der Waals surface area (Å²) in [6.45, 7) is 1.93. The summed E-state index contributed by atoms with van der Waals surface area (Å²) in [6.07, 6.45) is 0. The lowest BCUT2D eigenvalue weighted by Gasteiger charge is -2.04. The van der Waals surface area contributed by atoms with Crippen LogP contribution in [-0.4, -0.2) is 15.0 Å². The number of anilines is 2. The van der Waals surface area contributed by atoms with Crippen molar-refractivity contribution in [3.63, 3.8) is 0 Å². The minimum atomic E-state index is 0.0973. The van der Waals surface area contributed by atoms with Crippen LogP contribution in [0, 0.1) is 6.92 Å². The number of hydrogen-bond acceptors (Lipinski definition) is 5. The van der Waals surface area contributed by atoms with Crippen LogP contribution in [0.1, 0.15) is 5.56 Å². The zero-order valence-electron chi connectivity index (χ0n) is 8.61. The first kappa shape index (κ1) is 10.6. The number of aryl methyl sites for hydroxylation is 1. The van der Waals surface area contributed by atoms with Gasteiger partial charge < -0.3 is 11.5 Å². The average Bonchev–Trinajstić information content (AvgIpc) is 2.14. The molecule has 0 saturated carbocycles. The fourth-order valence-electron chi connectivity index (χ4n) is 1.40. The number of nitrogens with two attached hydrogens (primary N) is 2. The molecule has 2 rings (SSSR count). The van der Waals surface area contributed by atoms with Gasteiger partial charge in [-0.15, -0.1) is 0 Å². The van der Waals surface area contributed by atoms with Crippen LogP contribution in [-0.2, 0) is 0 Å². The molecular weight excluding hydrogens is 226 g/mol. The summed E-state index contributed by atoms with van der Waals surface area (Å²) in [5.41, 5.74) is 12.8. The first-order valence-electron chi connectivity index (χ1n) is 4.59. The Morgan fingerprint density at radius 1 is 1.00 bits per heavy atom. The number of nitrogens with zero attached hydrogens (tertiary/aromatic N) is 3. The molecule has 6 heteroatoms. The highest BCUT2D eigenvalue weighted by Crippen LogP contribution is 2.22. The third-order valence-electron chi connectivity index (χ3n) is 1.97. The maximum atomic E-state index is 5.95. The maximum Gasteiger partial charge on any atom is 0.225 e. The quantitative estimate of drug-likeness (QED) is 0.785. The largest absolute Gasteiger partial charge is 0.368 e. The van der Waals surface area contributed by atoms with Gasteiger partial charge in [0, 0.05) is 10.6 Å². The predicted octanol–water partition coefficient (Wildman–Crippen LogP) is 1.66. The zero-order valence-corrected chi connectivity index (χ0v) is 9.36. The maximum absolute atomic E-state index is 5.95. The molecule has 0 fully saturated rings. The number of halogens is 1. The summed E-state index contributed by atoms with van der Waals surface area (Å²) < 4.78 is 0.